The summed E-state index contributed by atoms with van der Waals surface area (Å²) in [6, 6.07) is 0. The van der Waals surface area contributed by atoms with Crippen LogP contribution in [0, 0.1) is 34.5 Å². The van der Waals surface area contributed by atoms with Crippen molar-refractivity contribution in [3.8, 4) is 0 Å². The predicted octanol–water partition coefficient (Wildman–Crippen LogP) is 4.58. The number of nitrogens with zero attached hydrogens (tertiary/aromatic N) is 2. The van der Waals surface area contributed by atoms with Crippen LogP contribution in [-0.2, 0) is 0 Å². The molecule has 2 saturated carbocycles. The normalized spacial score (nSPS) is 46.6. The van der Waals surface area contributed by atoms with E-state index in [4.69, 9.17) is 0 Å². The van der Waals surface area contributed by atoms with Crippen LogP contribution in [0.2, 0.25) is 0 Å². The summed E-state index contributed by atoms with van der Waals surface area (Å²) in [4.78, 5) is 4.31. The number of hydrogen-bond donors (Lipinski definition) is 1. The van der Waals surface area contributed by atoms with Crippen LogP contribution in [0.5, 0.6) is 0 Å². The Bertz CT molecular complexity index is 663. The summed E-state index contributed by atoms with van der Waals surface area (Å²) in [6.07, 6.45) is 18.4. The van der Waals surface area contributed by atoms with Gasteiger partial charge in [0.1, 0.15) is 0 Å². The van der Waals surface area contributed by atoms with Gasteiger partial charge in [0.05, 0.1) is 6.33 Å². The molecule has 4 aliphatic rings. The predicted molar refractivity (Wildman–Crippen MR) is 102 cm³/mol. The van der Waals surface area contributed by atoms with Crippen molar-refractivity contribution in [1.29, 1.82) is 0 Å². The SMILES string of the molecule is CC12CCC3C(CCC4CNCCCC43C)C1CC=C2n1ccnc1. The van der Waals surface area contributed by atoms with Gasteiger partial charge in [-0.1, -0.05) is 19.9 Å². The highest BCUT2D eigenvalue weighted by atomic mass is 15.1. The first kappa shape index (κ1) is 16.1. The Morgan fingerprint density at radius 2 is 2.08 bits per heavy atom. The summed E-state index contributed by atoms with van der Waals surface area (Å²) in [7, 11) is 0. The molecule has 5 rings (SSSR count). The first-order valence-corrected chi connectivity index (χ1v) is 10.5. The van der Waals surface area contributed by atoms with Crippen molar-refractivity contribution in [2.24, 2.45) is 34.5 Å². The van der Waals surface area contributed by atoms with Crippen LogP contribution in [0.25, 0.3) is 5.70 Å². The van der Waals surface area contributed by atoms with E-state index in [1.807, 2.05) is 12.5 Å². The number of aromatic nitrogens is 2. The molecule has 1 aliphatic heterocycles. The van der Waals surface area contributed by atoms with Crippen LogP contribution < -0.4 is 5.32 Å². The topological polar surface area (TPSA) is 29.9 Å². The minimum atomic E-state index is 0.355. The van der Waals surface area contributed by atoms with Crippen molar-refractivity contribution in [2.45, 2.75) is 58.8 Å². The highest BCUT2D eigenvalue weighted by Crippen LogP contribution is 2.65. The summed E-state index contributed by atoms with van der Waals surface area (Å²) in [5.74, 6) is 3.62. The van der Waals surface area contributed by atoms with Crippen LogP contribution in [0.4, 0.5) is 0 Å². The molecule has 3 nitrogen and oxygen atoms in total. The number of imidazole rings is 1. The monoisotopic (exact) mass is 339 g/mol. The molecular formula is C22H33N3. The van der Waals surface area contributed by atoms with Crippen molar-refractivity contribution in [2.75, 3.05) is 13.1 Å². The Hall–Kier alpha value is -1.09. The van der Waals surface area contributed by atoms with Gasteiger partial charge in [-0.2, -0.15) is 0 Å². The van der Waals surface area contributed by atoms with E-state index in [9.17, 15) is 0 Å². The standard InChI is InChI=1S/C22H33N3/c1-21-9-3-11-23-14-16(21)4-5-17-18-6-7-20(25-13-12-24-15-25)22(18,2)10-8-19(17)21/h7,12-13,15-19,23H,3-6,8-11,14H2,1-2H3. The van der Waals surface area contributed by atoms with Gasteiger partial charge in [0, 0.05) is 23.5 Å². The molecule has 1 aromatic rings. The second kappa shape index (κ2) is 5.70. The Kier molecular flexibility index (Phi) is 3.68. The first-order chi connectivity index (χ1) is 12.1. The molecule has 0 spiro atoms. The van der Waals surface area contributed by atoms with Crippen LogP contribution in [0.3, 0.4) is 0 Å². The van der Waals surface area contributed by atoms with E-state index in [1.165, 1.54) is 63.7 Å². The summed E-state index contributed by atoms with van der Waals surface area (Å²) < 4.78 is 2.29. The zero-order valence-corrected chi connectivity index (χ0v) is 15.9. The van der Waals surface area contributed by atoms with Gasteiger partial charge in [-0.05, 0) is 87.1 Å². The van der Waals surface area contributed by atoms with Gasteiger partial charge in [0.25, 0.3) is 0 Å². The van der Waals surface area contributed by atoms with Gasteiger partial charge < -0.3 is 9.88 Å². The third kappa shape index (κ3) is 2.24. The Morgan fingerprint density at radius 1 is 1.16 bits per heavy atom. The number of nitrogens with one attached hydrogen (secondary N) is 1. The third-order valence-corrected chi connectivity index (χ3v) is 8.85. The number of hydrogen-bond acceptors (Lipinski definition) is 2. The average molecular weight is 340 g/mol. The fourth-order valence-corrected chi connectivity index (χ4v) is 7.48. The van der Waals surface area contributed by atoms with Gasteiger partial charge in [-0.25, -0.2) is 4.98 Å². The first-order valence-electron chi connectivity index (χ1n) is 10.5. The molecule has 1 N–H and O–H groups in total. The summed E-state index contributed by atoms with van der Waals surface area (Å²) in [5.41, 5.74) is 2.46. The summed E-state index contributed by atoms with van der Waals surface area (Å²) in [5, 5.41) is 3.73. The lowest BCUT2D eigenvalue weighted by atomic mass is 9.47. The van der Waals surface area contributed by atoms with Crippen LogP contribution in [0.15, 0.2) is 24.8 Å². The fraction of sp³-hybridized carbons (Fsp3) is 0.773. The molecule has 3 aliphatic carbocycles. The molecule has 0 amide bonds. The molecule has 1 saturated heterocycles. The molecule has 0 radical (unpaired) electrons. The van der Waals surface area contributed by atoms with Gasteiger partial charge in [0.2, 0.25) is 0 Å². The molecule has 25 heavy (non-hydrogen) atoms. The number of fused-ring (bicyclic) bond motifs is 5. The molecule has 0 aromatic carbocycles. The number of allylic oxidation sites excluding steroid dienone is 2. The Balaban J connectivity index is 1.46. The molecule has 1 aromatic heterocycles. The molecule has 3 fully saturated rings. The maximum absolute atomic E-state index is 4.31. The van der Waals surface area contributed by atoms with Crippen molar-refractivity contribution in [3.05, 3.63) is 24.8 Å². The van der Waals surface area contributed by atoms with Gasteiger partial charge in [0.15, 0.2) is 0 Å². The summed E-state index contributed by atoms with van der Waals surface area (Å²) >= 11 is 0. The van der Waals surface area contributed by atoms with Crippen molar-refractivity contribution >= 4 is 5.70 Å². The average Bonchev–Trinajstić information content (AvgIpc) is 3.18. The Labute approximate surface area is 152 Å². The molecule has 6 unspecified atom stereocenters. The lowest BCUT2D eigenvalue weighted by Crippen LogP contribution is -2.52. The van der Waals surface area contributed by atoms with Crippen molar-refractivity contribution in [1.82, 2.24) is 14.9 Å². The second-order valence-corrected chi connectivity index (χ2v) is 9.72. The minimum Gasteiger partial charge on any atom is -0.316 e. The second-order valence-electron chi connectivity index (χ2n) is 9.72. The van der Waals surface area contributed by atoms with Gasteiger partial charge in [-0.15, -0.1) is 0 Å². The van der Waals surface area contributed by atoms with E-state index in [2.05, 4.69) is 41.0 Å². The maximum Gasteiger partial charge on any atom is 0.0989 e. The zero-order valence-electron chi connectivity index (χ0n) is 15.9. The highest BCUT2D eigenvalue weighted by molar-refractivity contribution is 5.56. The maximum atomic E-state index is 4.31. The van der Waals surface area contributed by atoms with Crippen molar-refractivity contribution in [3.63, 3.8) is 0 Å². The summed E-state index contributed by atoms with van der Waals surface area (Å²) in [6.45, 7) is 7.70. The fourth-order valence-electron chi connectivity index (χ4n) is 7.48. The molecule has 2 heterocycles. The van der Waals surface area contributed by atoms with E-state index in [0.29, 0.717) is 10.8 Å². The van der Waals surface area contributed by atoms with Crippen LogP contribution in [-0.4, -0.2) is 22.6 Å². The van der Waals surface area contributed by atoms with Crippen LogP contribution in [0.1, 0.15) is 58.8 Å². The molecule has 136 valence electrons. The van der Waals surface area contributed by atoms with Crippen LogP contribution >= 0.6 is 0 Å². The molecule has 0 bridgehead atoms. The van der Waals surface area contributed by atoms with Gasteiger partial charge >= 0.3 is 0 Å². The smallest absolute Gasteiger partial charge is 0.0989 e. The number of rotatable bonds is 1. The Morgan fingerprint density at radius 3 is 2.92 bits per heavy atom. The highest BCUT2D eigenvalue weighted by Gasteiger charge is 2.57. The molecule has 3 heteroatoms. The zero-order chi connectivity index (χ0) is 17.1. The van der Waals surface area contributed by atoms with E-state index in [0.717, 1.165) is 23.7 Å². The van der Waals surface area contributed by atoms with E-state index in [-0.39, 0.29) is 0 Å². The lowest BCUT2D eigenvalue weighted by Gasteiger charge is -2.58. The molecule has 6 atom stereocenters. The van der Waals surface area contributed by atoms with Gasteiger partial charge in [-0.3, -0.25) is 0 Å². The minimum absolute atomic E-state index is 0.355. The molecular weight excluding hydrogens is 306 g/mol. The van der Waals surface area contributed by atoms with Crippen molar-refractivity contribution < 1.29 is 0 Å². The van der Waals surface area contributed by atoms with E-state index >= 15 is 0 Å². The third-order valence-electron chi connectivity index (χ3n) is 8.85. The lowest BCUT2D eigenvalue weighted by molar-refractivity contribution is -0.0783. The quantitative estimate of drug-likeness (QED) is 0.812. The van der Waals surface area contributed by atoms with E-state index < -0.39 is 0 Å². The largest absolute Gasteiger partial charge is 0.316 e. The van der Waals surface area contributed by atoms with E-state index in [1.54, 1.807) is 0 Å².